The van der Waals surface area contributed by atoms with E-state index in [1.165, 1.54) is 0 Å². The number of methoxy groups -OCH3 is 1. The van der Waals surface area contributed by atoms with E-state index in [9.17, 15) is 5.11 Å². The SMILES string of the molecule is COc1ccncc1C1=CC(O)CNC1. The number of rotatable bonds is 2. The average Bonchev–Trinajstić information content (AvgIpc) is 2.29. The van der Waals surface area contributed by atoms with Crippen molar-refractivity contribution >= 4 is 5.57 Å². The molecule has 2 heterocycles. The minimum absolute atomic E-state index is 0.432. The van der Waals surface area contributed by atoms with Gasteiger partial charge >= 0.3 is 0 Å². The molecule has 0 saturated heterocycles. The van der Waals surface area contributed by atoms with Crippen molar-refractivity contribution in [2.75, 3.05) is 20.2 Å². The van der Waals surface area contributed by atoms with Gasteiger partial charge in [0.25, 0.3) is 0 Å². The number of nitrogens with one attached hydrogen (secondary N) is 1. The van der Waals surface area contributed by atoms with Crippen molar-refractivity contribution in [2.45, 2.75) is 6.10 Å². The summed E-state index contributed by atoms with van der Waals surface area (Å²) < 4.78 is 5.24. The summed E-state index contributed by atoms with van der Waals surface area (Å²) in [5.74, 6) is 0.784. The van der Waals surface area contributed by atoms with Crippen molar-refractivity contribution < 1.29 is 9.84 Å². The van der Waals surface area contributed by atoms with Gasteiger partial charge in [-0.25, -0.2) is 0 Å². The molecule has 0 amide bonds. The first-order valence-electron chi connectivity index (χ1n) is 4.89. The number of aliphatic hydroxyl groups is 1. The van der Waals surface area contributed by atoms with Crippen LogP contribution in [0.1, 0.15) is 5.56 Å². The van der Waals surface area contributed by atoms with E-state index in [-0.39, 0.29) is 0 Å². The molecule has 0 bridgehead atoms. The summed E-state index contributed by atoms with van der Waals surface area (Å²) in [5, 5.41) is 12.6. The van der Waals surface area contributed by atoms with E-state index >= 15 is 0 Å². The fraction of sp³-hybridized carbons (Fsp3) is 0.364. The highest BCUT2D eigenvalue weighted by Crippen LogP contribution is 2.25. The maximum absolute atomic E-state index is 9.50. The molecule has 15 heavy (non-hydrogen) atoms. The van der Waals surface area contributed by atoms with Crippen molar-refractivity contribution in [1.82, 2.24) is 10.3 Å². The summed E-state index contributed by atoms with van der Waals surface area (Å²) in [7, 11) is 1.63. The zero-order valence-corrected chi connectivity index (χ0v) is 8.60. The molecule has 4 heteroatoms. The zero-order chi connectivity index (χ0) is 10.7. The number of pyridine rings is 1. The Kier molecular flexibility index (Phi) is 2.99. The van der Waals surface area contributed by atoms with E-state index in [4.69, 9.17) is 4.74 Å². The van der Waals surface area contributed by atoms with E-state index < -0.39 is 6.10 Å². The molecule has 1 aliphatic rings. The minimum Gasteiger partial charge on any atom is -0.496 e. The van der Waals surface area contributed by atoms with Crippen molar-refractivity contribution in [2.24, 2.45) is 0 Å². The van der Waals surface area contributed by atoms with Crippen LogP contribution in [0.15, 0.2) is 24.5 Å². The Morgan fingerprint density at radius 3 is 3.20 bits per heavy atom. The number of hydrogen-bond donors (Lipinski definition) is 2. The molecule has 1 aromatic heterocycles. The summed E-state index contributed by atoms with van der Waals surface area (Å²) in [6, 6.07) is 1.82. The largest absolute Gasteiger partial charge is 0.496 e. The van der Waals surface area contributed by atoms with Gasteiger partial charge in [-0.2, -0.15) is 0 Å². The minimum atomic E-state index is -0.432. The number of hydrogen-bond acceptors (Lipinski definition) is 4. The van der Waals surface area contributed by atoms with Crippen molar-refractivity contribution in [3.8, 4) is 5.75 Å². The van der Waals surface area contributed by atoms with Crippen LogP contribution in [0, 0.1) is 0 Å². The third-order valence-corrected chi connectivity index (χ3v) is 2.41. The molecule has 2 rings (SSSR count). The summed E-state index contributed by atoms with van der Waals surface area (Å²) in [6.07, 6.45) is 4.86. The lowest BCUT2D eigenvalue weighted by molar-refractivity contribution is 0.217. The molecule has 0 fully saturated rings. The second-order valence-electron chi connectivity index (χ2n) is 3.47. The van der Waals surface area contributed by atoms with Gasteiger partial charge in [-0.3, -0.25) is 4.98 Å². The molecular weight excluding hydrogens is 192 g/mol. The van der Waals surface area contributed by atoms with Gasteiger partial charge in [-0.1, -0.05) is 0 Å². The average molecular weight is 206 g/mol. The van der Waals surface area contributed by atoms with Crippen LogP contribution in [0.3, 0.4) is 0 Å². The molecular formula is C11H14N2O2. The molecule has 0 aliphatic carbocycles. The summed E-state index contributed by atoms with van der Waals surface area (Å²) in [6.45, 7) is 1.34. The molecule has 1 aromatic rings. The van der Waals surface area contributed by atoms with Gasteiger partial charge in [0, 0.05) is 31.0 Å². The van der Waals surface area contributed by atoms with Crippen LogP contribution in [0.5, 0.6) is 5.75 Å². The molecule has 0 spiro atoms. The van der Waals surface area contributed by atoms with Crippen LogP contribution in [-0.2, 0) is 0 Å². The van der Waals surface area contributed by atoms with Crippen LogP contribution in [0.25, 0.3) is 5.57 Å². The maximum Gasteiger partial charge on any atom is 0.129 e. The van der Waals surface area contributed by atoms with Gasteiger partial charge in [0.1, 0.15) is 5.75 Å². The van der Waals surface area contributed by atoms with Crippen LogP contribution in [0.4, 0.5) is 0 Å². The van der Waals surface area contributed by atoms with E-state index in [0.717, 1.165) is 23.4 Å². The predicted octanol–water partition coefficient (Wildman–Crippen LogP) is 0.438. The predicted molar refractivity (Wildman–Crippen MR) is 57.6 cm³/mol. The number of aromatic nitrogens is 1. The lowest BCUT2D eigenvalue weighted by atomic mass is 10.0. The van der Waals surface area contributed by atoms with Crippen molar-refractivity contribution in [3.63, 3.8) is 0 Å². The fourth-order valence-electron chi connectivity index (χ4n) is 1.69. The first kappa shape index (κ1) is 10.1. The van der Waals surface area contributed by atoms with Gasteiger partial charge in [0.2, 0.25) is 0 Å². The lowest BCUT2D eigenvalue weighted by Gasteiger charge is -2.19. The van der Waals surface area contributed by atoms with E-state index in [2.05, 4.69) is 10.3 Å². The van der Waals surface area contributed by atoms with Gasteiger partial charge in [0.15, 0.2) is 0 Å². The smallest absolute Gasteiger partial charge is 0.129 e. The Labute approximate surface area is 88.6 Å². The second kappa shape index (κ2) is 4.42. The third kappa shape index (κ3) is 2.16. The van der Waals surface area contributed by atoms with Crippen molar-refractivity contribution in [3.05, 3.63) is 30.1 Å². The van der Waals surface area contributed by atoms with E-state index in [1.807, 2.05) is 12.1 Å². The van der Waals surface area contributed by atoms with E-state index in [1.54, 1.807) is 19.5 Å². The molecule has 1 atom stereocenters. The number of ether oxygens (including phenoxy) is 1. The first-order chi connectivity index (χ1) is 7.31. The molecule has 4 nitrogen and oxygen atoms in total. The van der Waals surface area contributed by atoms with Gasteiger partial charge in [-0.05, 0) is 17.7 Å². The third-order valence-electron chi connectivity index (χ3n) is 2.41. The monoisotopic (exact) mass is 206 g/mol. The normalized spacial score (nSPS) is 20.9. The second-order valence-corrected chi connectivity index (χ2v) is 3.47. The molecule has 0 radical (unpaired) electrons. The number of aliphatic hydroxyl groups excluding tert-OH is 1. The quantitative estimate of drug-likeness (QED) is 0.737. The van der Waals surface area contributed by atoms with Gasteiger partial charge in [0.05, 0.1) is 13.2 Å². The maximum atomic E-state index is 9.50. The van der Waals surface area contributed by atoms with Gasteiger partial charge in [-0.15, -0.1) is 0 Å². The highest BCUT2D eigenvalue weighted by molar-refractivity contribution is 5.72. The topological polar surface area (TPSA) is 54.4 Å². The standard InChI is InChI=1S/C11H14N2O2/c1-15-11-2-3-12-7-10(11)8-4-9(14)6-13-5-8/h2-4,7,9,13-14H,5-6H2,1H3. The summed E-state index contributed by atoms with van der Waals surface area (Å²) >= 11 is 0. The Balaban J connectivity index is 2.36. The van der Waals surface area contributed by atoms with Crippen LogP contribution in [-0.4, -0.2) is 36.4 Å². The van der Waals surface area contributed by atoms with E-state index in [0.29, 0.717) is 6.54 Å². The Hall–Kier alpha value is -1.39. The molecule has 1 aliphatic heterocycles. The van der Waals surface area contributed by atoms with Crippen molar-refractivity contribution in [1.29, 1.82) is 0 Å². The van der Waals surface area contributed by atoms with Crippen LogP contribution in [0.2, 0.25) is 0 Å². The van der Waals surface area contributed by atoms with Crippen LogP contribution < -0.4 is 10.1 Å². The Bertz CT molecular complexity index is 377. The molecule has 2 N–H and O–H groups in total. The lowest BCUT2D eigenvalue weighted by Crippen LogP contribution is -2.31. The van der Waals surface area contributed by atoms with Gasteiger partial charge < -0.3 is 15.2 Å². The Morgan fingerprint density at radius 2 is 2.47 bits per heavy atom. The molecule has 80 valence electrons. The molecule has 1 unspecified atom stereocenters. The zero-order valence-electron chi connectivity index (χ0n) is 8.60. The molecule has 0 saturated carbocycles. The highest BCUT2D eigenvalue weighted by Gasteiger charge is 2.14. The first-order valence-corrected chi connectivity index (χ1v) is 4.89. The fourth-order valence-corrected chi connectivity index (χ4v) is 1.69. The number of nitrogens with zero attached hydrogens (tertiary/aromatic N) is 1. The summed E-state index contributed by atoms with van der Waals surface area (Å²) in [5.41, 5.74) is 1.96. The van der Waals surface area contributed by atoms with Crippen LogP contribution >= 0.6 is 0 Å². The number of β-amino-alcohol motifs (C(OH)–C–C–N with tert-alkyl or cyclic N) is 1. The summed E-state index contributed by atoms with van der Waals surface area (Å²) in [4.78, 5) is 4.06. The highest BCUT2D eigenvalue weighted by atomic mass is 16.5. The Morgan fingerprint density at radius 1 is 1.60 bits per heavy atom. The molecule has 0 aromatic carbocycles.